The Morgan fingerprint density at radius 2 is 2.06 bits per heavy atom. The Bertz CT molecular complexity index is 336. The van der Waals surface area contributed by atoms with Crippen molar-refractivity contribution in [2.24, 2.45) is 11.7 Å². The van der Waals surface area contributed by atoms with Crippen molar-refractivity contribution in [3.05, 3.63) is 35.9 Å². The Hall–Kier alpha value is -0.860. The second-order valence-electron chi connectivity index (χ2n) is 4.79. The maximum Gasteiger partial charge on any atom is 0.0495 e. The van der Waals surface area contributed by atoms with E-state index in [0.29, 0.717) is 5.92 Å². The minimum atomic E-state index is 0.163. The molecule has 2 nitrogen and oxygen atoms in total. The largest absolute Gasteiger partial charge is 0.330 e. The normalized spacial score (nSPS) is 30.8. The molecule has 0 saturated carbocycles. The number of hydrogen-bond acceptors (Lipinski definition) is 2. The zero-order valence-corrected chi connectivity index (χ0v) is 10.3. The maximum atomic E-state index is 5.96. The van der Waals surface area contributed by atoms with Crippen molar-refractivity contribution in [2.75, 3.05) is 20.1 Å². The molecule has 0 aliphatic carbocycles. The van der Waals surface area contributed by atoms with Crippen LogP contribution in [0.3, 0.4) is 0 Å². The summed E-state index contributed by atoms with van der Waals surface area (Å²) >= 11 is 0. The van der Waals surface area contributed by atoms with Crippen molar-refractivity contribution in [1.29, 1.82) is 0 Å². The van der Waals surface area contributed by atoms with Crippen LogP contribution in [0.1, 0.15) is 25.3 Å². The van der Waals surface area contributed by atoms with Gasteiger partial charge in [0.05, 0.1) is 0 Å². The Balaban J connectivity index is 2.44. The van der Waals surface area contributed by atoms with Gasteiger partial charge in [0.25, 0.3) is 0 Å². The number of benzene rings is 1. The number of nitrogens with zero attached hydrogens (tertiary/aromatic N) is 1. The lowest BCUT2D eigenvalue weighted by Gasteiger charge is -2.40. The van der Waals surface area contributed by atoms with Crippen LogP contribution in [0, 0.1) is 5.92 Å². The molecule has 2 atom stereocenters. The molecule has 88 valence electrons. The van der Waals surface area contributed by atoms with Gasteiger partial charge in [0.2, 0.25) is 0 Å². The minimum Gasteiger partial charge on any atom is -0.330 e. The van der Waals surface area contributed by atoms with Gasteiger partial charge in [-0.1, -0.05) is 37.3 Å². The van der Waals surface area contributed by atoms with Crippen molar-refractivity contribution in [2.45, 2.75) is 25.3 Å². The molecule has 0 bridgehead atoms. The highest BCUT2D eigenvalue weighted by Gasteiger charge is 2.45. The molecule has 1 aromatic rings. The molecule has 1 fully saturated rings. The second kappa shape index (κ2) is 4.56. The number of hydrogen-bond donors (Lipinski definition) is 1. The molecular formula is C14H22N2. The third kappa shape index (κ3) is 1.57. The molecule has 1 aliphatic rings. The lowest BCUT2D eigenvalue weighted by atomic mass is 9.77. The van der Waals surface area contributed by atoms with Crippen molar-refractivity contribution in [3.63, 3.8) is 0 Å². The Labute approximate surface area is 98.4 Å². The van der Waals surface area contributed by atoms with E-state index in [1.54, 1.807) is 0 Å². The van der Waals surface area contributed by atoms with Crippen LogP contribution in [0.2, 0.25) is 0 Å². The number of rotatable bonds is 3. The molecule has 1 aromatic carbocycles. The van der Waals surface area contributed by atoms with Crippen LogP contribution in [0.4, 0.5) is 0 Å². The van der Waals surface area contributed by atoms with Gasteiger partial charge in [0.15, 0.2) is 0 Å². The highest BCUT2D eigenvalue weighted by molar-refractivity contribution is 5.27. The summed E-state index contributed by atoms with van der Waals surface area (Å²) in [6.07, 6.45) is 2.35. The molecule has 2 rings (SSSR count). The summed E-state index contributed by atoms with van der Waals surface area (Å²) in [6, 6.07) is 10.8. The van der Waals surface area contributed by atoms with Crippen LogP contribution in [-0.4, -0.2) is 25.0 Å². The summed E-state index contributed by atoms with van der Waals surface area (Å²) in [5.74, 6) is 0.588. The number of likely N-dealkylation sites (tertiary alicyclic amines) is 1. The van der Waals surface area contributed by atoms with E-state index in [1.165, 1.54) is 12.0 Å². The van der Waals surface area contributed by atoms with Gasteiger partial charge in [-0.15, -0.1) is 0 Å². The van der Waals surface area contributed by atoms with E-state index < -0.39 is 0 Å². The Morgan fingerprint density at radius 3 is 2.62 bits per heavy atom. The summed E-state index contributed by atoms with van der Waals surface area (Å²) in [7, 11) is 2.23. The number of nitrogens with two attached hydrogens (primary N) is 1. The summed E-state index contributed by atoms with van der Waals surface area (Å²) in [5.41, 5.74) is 7.54. The molecule has 0 spiro atoms. The van der Waals surface area contributed by atoms with Crippen LogP contribution in [-0.2, 0) is 5.54 Å². The van der Waals surface area contributed by atoms with E-state index in [9.17, 15) is 0 Å². The molecular weight excluding hydrogens is 196 g/mol. The fraction of sp³-hybridized carbons (Fsp3) is 0.571. The second-order valence-corrected chi connectivity index (χ2v) is 4.79. The third-order valence-electron chi connectivity index (χ3n) is 4.27. The molecule has 1 saturated heterocycles. The van der Waals surface area contributed by atoms with Gasteiger partial charge in [-0.3, -0.25) is 4.90 Å². The summed E-state index contributed by atoms with van der Waals surface area (Å²) in [5, 5.41) is 0. The van der Waals surface area contributed by atoms with Crippen molar-refractivity contribution in [3.8, 4) is 0 Å². The van der Waals surface area contributed by atoms with Crippen LogP contribution >= 0.6 is 0 Å². The van der Waals surface area contributed by atoms with Gasteiger partial charge in [-0.2, -0.15) is 0 Å². The lowest BCUT2D eigenvalue weighted by Crippen LogP contribution is -2.44. The van der Waals surface area contributed by atoms with E-state index in [4.69, 9.17) is 5.73 Å². The summed E-state index contributed by atoms with van der Waals surface area (Å²) in [4.78, 5) is 2.49. The SMILES string of the molecule is CCC1(c2ccccc2)C(CN)CCN1C. The van der Waals surface area contributed by atoms with Gasteiger partial charge in [0, 0.05) is 5.54 Å². The van der Waals surface area contributed by atoms with E-state index in [1.807, 2.05) is 0 Å². The first-order valence-corrected chi connectivity index (χ1v) is 6.22. The predicted octanol–water partition coefficient (Wildman–Crippen LogP) is 2.20. The third-order valence-corrected chi connectivity index (χ3v) is 4.27. The van der Waals surface area contributed by atoms with Gasteiger partial charge in [0.1, 0.15) is 0 Å². The fourth-order valence-corrected chi connectivity index (χ4v) is 3.36. The van der Waals surface area contributed by atoms with Gasteiger partial charge in [-0.25, -0.2) is 0 Å². The average Bonchev–Trinajstić information content (AvgIpc) is 2.67. The van der Waals surface area contributed by atoms with E-state index >= 15 is 0 Å². The topological polar surface area (TPSA) is 29.3 Å². The first-order chi connectivity index (χ1) is 7.75. The monoisotopic (exact) mass is 218 g/mol. The maximum absolute atomic E-state index is 5.96. The molecule has 2 N–H and O–H groups in total. The zero-order valence-electron chi connectivity index (χ0n) is 10.3. The van der Waals surface area contributed by atoms with Crippen LogP contribution < -0.4 is 5.73 Å². The molecule has 0 radical (unpaired) electrons. The molecule has 1 aliphatic heterocycles. The van der Waals surface area contributed by atoms with Gasteiger partial charge >= 0.3 is 0 Å². The first kappa shape index (κ1) is 11.6. The highest BCUT2D eigenvalue weighted by atomic mass is 15.2. The molecule has 2 heteroatoms. The van der Waals surface area contributed by atoms with Crippen molar-refractivity contribution < 1.29 is 0 Å². The molecule has 16 heavy (non-hydrogen) atoms. The Morgan fingerprint density at radius 1 is 1.38 bits per heavy atom. The first-order valence-electron chi connectivity index (χ1n) is 6.22. The van der Waals surface area contributed by atoms with E-state index in [0.717, 1.165) is 19.5 Å². The quantitative estimate of drug-likeness (QED) is 0.842. The predicted molar refractivity (Wildman–Crippen MR) is 68.2 cm³/mol. The fourth-order valence-electron chi connectivity index (χ4n) is 3.36. The smallest absolute Gasteiger partial charge is 0.0495 e. The van der Waals surface area contributed by atoms with E-state index in [-0.39, 0.29) is 5.54 Å². The molecule has 0 aromatic heterocycles. The minimum absolute atomic E-state index is 0.163. The lowest BCUT2D eigenvalue weighted by molar-refractivity contribution is 0.124. The molecule has 0 amide bonds. The van der Waals surface area contributed by atoms with E-state index in [2.05, 4.69) is 49.2 Å². The standard InChI is InChI=1S/C14H22N2/c1-3-14(12-7-5-4-6-8-12)13(11-15)9-10-16(14)2/h4-8,13H,3,9-11,15H2,1-2H3. The van der Waals surface area contributed by atoms with Crippen molar-refractivity contribution >= 4 is 0 Å². The Kier molecular flexibility index (Phi) is 3.31. The van der Waals surface area contributed by atoms with Crippen LogP contribution in [0.5, 0.6) is 0 Å². The van der Waals surface area contributed by atoms with Crippen LogP contribution in [0.15, 0.2) is 30.3 Å². The molecule has 2 unspecified atom stereocenters. The molecule has 1 heterocycles. The van der Waals surface area contributed by atoms with Crippen molar-refractivity contribution in [1.82, 2.24) is 4.90 Å². The zero-order chi connectivity index (χ0) is 11.6. The van der Waals surface area contributed by atoms with Gasteiger partial charge in [-0.05, 0) is 44.5 Å². The summed E-state index contributed by atoms with van der Waals surface area (Å²) in [6.45, 7) is 4.22. The average molecular weight is 218 g/mol. The highest BCUT2D eigenvalue weighted by Crippen LogP contribution is 2.44. The van der Waals surface area contributed by atoms with Crippen LogP contribution in [0.25, 0.3) is 0 Å². The van der Waals surface area contributed by atoms with Gasteiger partial charge < -0.3 is 5.73 Å². The summed E-state index contributed by atoms with van der Waals surface area (Å²) < 4.78 is 0.